The highest BCUT2D eigenvalue weighted by atomic mass is 32.1. The number of thiophene rings is 1. The number of hydrogen-bond acceptors (Lipinski definition) is 8. The highest BCUT2D eigenvalue weighted by Crippen LogP contribution is 2.33. The van der Waals surface area contributed by atoms with Crippen molar-refractivity contribution in [2.45, 2.75) is 6.10 Å². The molecule has 1 aliphatic heterocycles. The van der Waals surface area contributed by atoms with Crippen LogP contribution < -0.4 is 4.90 Å². The zero-order valence-corrected chi connectivity index (χ0v) is 18.0. The Kier molecular flexibility index (Phi) is 5.65. The maximum atomic E-state index is 9.71. The van der Waals surface area contributed by atoms with E-state index in [0.717, 1.165) is 30.2 Å². The maximum Gasteiger partial charge on any atom is 0.164 e. The second kappa shape index (κ2) is 8.72. The average Bonchev–Trinajstić information content (AvgIpc) is 3.48. The summed E-state index contributed by atoms with van der Waals surface area (Å²) in [6, 6.07) is 12.2. The van der Waals surface area contributed by atoms with Crippen LogP contribution in [0.3, 0.4) is 0 Å². The third-order valence-corrected chi connectivity index (χ3v) is 6.33. The van der Waals surface area contributed by atoms with E-state index >= 15 is 0 Å². The molecule has 9 heteroatoms. The SMILES string of the molecule is CO[C@H](CO)c1nc(N2CCOCC2)cc(-n2ccc(-c3csc4ccccc34)n2)n1. The van der Waals surface area contributed by atoms with Crippen molar-refractivity contribution in [3.05, 3.63) is 53.8 Å². The molecular weight excluding hydrogens is 414 g/mol. The Labute approximate surface area is 183 Å². The molecule has 4 aromatic rings. The first kappa shape index (κ1) is 20.1. The Morgan fingerprint density at radius 2 is 1.97 bits per heavy atom. The van der Waals surface area contributed by atoms with Gasteiger partial charge in [-0.25, -0.2) is 14.6 Å². The van der Waals surface area contributed by atoms with Crippen molar-refractivity contribution in [1.82, 2.24) is 19.7 Å². The molecule has 0 bridgehead atoms. The van der Waals surface area contributed by atoms with Crippen molar-refractivity contribution in [1.29, 1.82) is 0 Å². The minimum atomic E-state index is -0.601. The van der Waals surface area contributed by atoms with Gasteiger partial charge in [-0.2, -0.15) is 5.10 Å². The first-order valence-electron chi connectivity index (χ1n) is 10.1. The quantitative estimate of drug-likeness (QED) is 0.496. The Balaban J connectivity index is 1.55. The Bertz CT molecular complexity index is 1180. The molecule has 4 heterocycles. The van der Waals surface area contributed by atoms with Gasteiger partial charge in [0.15, 0.2) is 11.6 Å². The Morgan fingerprint density at radius 3 is 2.77 bits per heavy atom. The number of aliphatic hydroxyl groups excluding tert-OH is 1. The Morgan fingerprint density at radius 1 is 1.16 bits per heavy atom. The van der Waals surface area contributed by atoms with Gasteiger partial charge >= 0.3 is 0 Å². The molecule has 0 radical (unpaired) electrons. The van der Waals surface area contributed by atoms with Crippen LogP contribution in [0.4, 0.5) is 5.82 Å². The number of methoxy groups -OCH3 is 1. The molecule has 3 aromatic heterocycles. The monoisotopic (exact) mass is 437 g/mol. The van der Waals surface area contributed by atoms with E-state index in [1.54, 1.807) is 23.1 Å². The smallest absolute Gasteiger partial charge is 0.164 e. The minimum absolute atomic E-state index is 0.201. The van der Waals surface area contributed by atoms with Gasteiger partial charge < -0.3 is 19.5 Å². The number of rotatable bonds is 6. The fourth-order valence-corrected chi connectivity index (χ4v) is 4.64. The summed E-state index contributed by atoms with van der Waals surface area (Å²) in [4.78, 5) is 11.5. The number of fused-ring (bicyclic) bond motifs is 1. The molecule has 1 fully saturated rings. The van der Waals surface area contributed by atoms with Gasteiger partial charge in [0.25, 0.3) is 0 Å². The average molecular weight is 438 g/mol. The van der Waals surface area contributed by atoms with E-state index in [-0.39, 0.29) is 6.61 Å². The van der Waals surface area contributed by atoms with Crippen LogP contribution in [0.1, 0.15) is 11.9 Å². The van der Waals surface area contributed by atoms with Crippen LogP contribution >= 0.6 is 11.3 Å². The van der Waals surface area contributed by atoms with Crippen LogP contribution in [0.2, 0.25) is 0 Å². The van der Waals surface area contributed by atoms with Crippen molar-refractivity contribution in [2.75, 3.05) is 44.9 Å². The second-order valence-electron chi connectivity index (χ2n) is 7.24. The van der Waals surface area contributed by atoms with Crippen molar-refractivity contribution in [3.8, 4) is 17.1 Å². The molecule has 0 aliphatic carbocycles. The predicted octanol–water partition coefficient (Wildman–Crippen LogP) is 3.06. The summed E-state index contributed by atoms with van der Waals surface area (Å²) < 4.78 is 13.8. The van der Waals surface area contributed by atoms with Gasteiger partial charge in [0.2, 0.25) is 0 Å². The first-order chi connectivity index (χ1) is 15.3. The summed E-state index contributed by atoms with van der Waals surface area (Å²) in [6.45, 7) is 2.60. The lowest BCUT2D eigenvalue weighted by Crippen LogP contribution is -2.37. The molecule has 1 saturated heterocycles. The summed E-state index contributed by atoms with van der Waals surface area (Å²) in [7, 11) is 1.54. The van der Waals surface area contributed by atoms with Gasteiger partial charge in [0.1, 0.15) is 11.9 Å². The molecule has 1 atom stereocenters. The number of ether oxygens (including phenoxy) is 2. The van der Waals surface area contributed by atoms with Gasteiger partial charge in [-0.1, -0.05) is 18.2 Å². The first-order valence-corrected chi connectivity index (χ1v) is 11.0. The molecular formula is C22H23N5O3S. The number of nitrogens with zero attached hydrogens (tertiary/aromatic N) is 5. The number of aliphatic hydroxyl groups is 1. The largest absolute Gasteiger partial charge is 0.393 e. The number of anilines is 1. The molecule has 8 nitrogen and oxygen atoms in total. The van der Waals surface area contributed by atoms with Gasteiger partial charge in [-0.15, -0.1) is 11.3 Å². The summed E-state index contributed by atoms with van der Waals surface area (Å²) in [5.74, 6) is 1.84. The summed E-state index contributed by atoms with van der Waals surface area (Å²) >= 11 is 1.71. The van der Waals surface area contributed by atoms with Crippen molar-refractivity contribution in [3.63, 3.8) is 0 Å². The van der Waals surface area contributed by atoms with Crippen molar-refractivity contribution >= 4 is 27.2 Å². The molecule has 5 rings (SSSR count). The van der Waals surface area contributed by atoms with Crippen LogP contribution in [-0.4, -0.2) is 64.9 Å². The molecule has 0 unspecified atom stereocenters. The van der Waals surface area contributed by atoms with Crippen LogP contribution in [-0.2, 0) is 9.47 Å². The van der Waals surface area contributed by atoms with Crippen molar-refractivity contribution in [2.24, 2.45) is 0 Å². The molecule has 0 saturated carbocycles. The molecule has 1 aliphatic rings. The van der Waals surface area contributed by atoms with Gasteiger partial charge in [0.05, 0.1) is 25.5 Å². The Hall–Kier alpha value is -2.85. The number of morpholine rings is 1. The van der Waals surface area contributed by atoms with E-state index in [0.29, 0.717) is 24.9 Å². The van der Waals surface area contributed by atoms with Crippen LogP contribution in [0.25, 0.3) is 27.2 Å². The summed E-state index contributed by atoms with van der Waals surface area (Å²) in [5.41, 5.74) is 1.99. The number of aromatic nitrogens is 4. The zero-order chi connectivity index (χ0) is 21.2. The predicted molar refractivity (Wildman–Crippen MR) is 120 cm³/mol. The lowest BCUT2D eigenvalue weighted by molar-refractivity contribution is 0.0422. The van der Waals surface area contributed by atoms with Gasteiger partial charge in [-0.05, 0) is 12.1 Å². The van der Waals surface area contributed by atoms with E-state index in [4.69, 9.17) is 14.6 Å². The van der Waals surface area contributed by atoms with Crippen LogP contribution in [0.15, 0.2) is 48.0 Å². The minimum Gasteiger partial charge on any atom is -0.393 e. The van der Waals surface area contributed by atoms with E-state index in [9.17, 15) is 5.11 Å². The summed E-state index contributed by atoms with van der Waals surface area (Å²) in [6.07, 6.45) is 1.30. The van der Waals surface area contributed by atoms with Gasteiger partial charge in [0, 0.05) is 53.5 Å². The third-order valence-electron chi connectivity index (χ3n) is 5.37. The molecule has 31 heavy (non-hydrogen) atoms. The van der Waals surface area contributed by atoms with Crippen molar-refractivity contribution < 1.29 is 14.6 Å². The molecule has 1 N–H and O–H groups in total. The zero-order valence-electron chi connectivity index (χ0n) is 17.1. The fourth-order valence-electron chi connectivity index (χ4n) is 3.69. The lowest BCUT2D eigenvalue weighted by atomic mass is 10.1. The lowest BCUT2D eigenvalue weighted by Gasteiger charge is -2.28. The number of hydrogen-bond donors (Lipinski definition) is 1. The topological polar surface area (TPSA) is 85.5 Å². The van der Waals surface area contributed by atoms with E-state index in [1.165, 1.54) is 10.1 Å². The van der Waals surface area contributed by atoms with Gasteiger partial charge in [-0.3, -0.25) is 0 Å². The second-order valence-corrected chi connectivity index (χ2v) is 8.15. The highest BCUT2D eigenvalue weighted by molar-refractivity contribution is 7.17. The van der Waals surface area contributed by atoms with Crippen LogP contribution in [0, 0.1) is 0 Å². The fraction of sp³-hybridized carbons (Fsp3) is 0.318. The van der Waals surface area contributed by atoms with E-state index < -0.39 is 6.10 Å². The number of benzene rings is 1. The molecule has 1 aromatic carbocycles. The van der Waals surface area contributed by atoms with E-state index in [1.807, 2.05) is 30.5 Å². The molecule has 0 spiro atoms. The molecule has 160 valence electrons. The molecule has 0 amide bonds. The van der Waals surface area contributed by atoms with Crippen LogP contribution in [0.5, 0.6) is 0 Å². The highest BCUT2D eigenvalue weighted by Gasteiger charge is 2.20. The normalized spacial score (nSPS) is 15.5. The standard InChI is InChI=1S/C22H23N5O3S/c1-29-18(13-28)22-23-20(26-8-10-30-11-9-26)12-21(24-22)27-7-6-17(25-27)16-14-31-19-5-3-2-4-15(16)19/h2-7,12,14,18,28H,8-11,13H2,1H3/t18-/m1/s1. The summed E-state index contributed by atoms with van der Waals surface area (Å²) in [5, 5.41) is 17.8. The maximum absolute atomic E-state index is 9.71. The van der Waals surface area contributed by atoms with E-state index in [2.05, 4.69) is 32.4 Å². The third kappa shape index (κ3) is 3.92.